The molecular formula is C70H122O6. The lowest BCUT2D eigenvalue weighted by Crippen LogP contribution is -2.30. The van der Waals surface area contributed by atoms with Crippen LogP contribution in [0.3, 0.4) is 0 Å². The third-order valence-electron chi connectivity index (χ3n) is 14.2. The van der Waals surface area contributed by atoms with E-state index in [1.54, 1.807) is 0 Å². The molecule has 0 saturated heterocycles. The summed E-state index contributed by atoms with van der Waals surface area (Å²) in [6.07, 6.45) is 84.4. The van der Waals surface area contributed by atoms with Gasteiger partial charge in [0.25, 0.3) is 0 Å². The summed E-state index contributed by atoms with van der Waals surface area (Å²) in [5.74, 6) is -0.900. The molecule has 0 aliphatic heterocycles. The van der Waals surface area contributed by atoms with Crippen LogP contribution in [0.1, 0.15) is 323 Å². The maximum absolute atomic E-state index is 12.9. The highest BCUT2D eigenvalue weighted by molar-refractivity contribution is 5.71. The molecule has 1 atom stereocenters. The first-order valence-electron chi connectivity index (χ1n) is 32.6. The van der Waals surface area contributed by atoms with E-state index < -0.39 is 6.10 Å². The molecule has 0 rings (SSSR count). The van der Waals surface area contributed by atoms with Gasteiger partial charge in [-0.3, -0.25) is 14.4 Å². The van der Waals surface area contributed by atoms with Crippen molar-refractivity contribution < 1.29 is 28.6 Å². The second-order valence-electron chi connectivity index (χ2n) is 21.7. The zero-order chi connectivity index (χ0) is 55.0. The molecule has 0 aromatic rings. The summed E-state index contributed by atoms with van der Waals surface area (Å²) in [5, 5.41) is 0. The highest BCUT2D eigenvalue weighted by Gasteiger charge is 2.19. The van der Waals surface area contributed by atoms with Gasteiger partial charge < -0.3 is 14.2 Å². The minimum atomic E-state index is -0.789. The number of rotatable bonds is 59. The first-order valence-corrected chi connectivity index (χ1v) is 32.6. The number of hydrogen-bond donors (Lipinski definition) is 0. The van der Waals surface area contributed by atoms with Crippen molar-refractivity contribution in [1.82, 2.24) is 0 Å². The van der Waals surface area contributed by atoms with E-state index in [-0.39, 0.29) is 31.1 Å². The monoisotopic (exact) mass is 1060 g/mol. The maximum atomic E-state index is 12.9. The average molecular weight is 1060 g/mol. The Morgan fingerprint density at radius 1 is 0.276 bits per heavy atom. The van der Waals surface area contributed by atoms with Crippen molar-refractivity contribution in [2.75, 3.05) is 13.2 Å². The van der Waals surface area contributed by atoms with E-state index in [1.807, 2.05) is 0 Å². The summed E-state index contributed by atoms with van der Waals surface area (Å²) < 4.78 is 16.9. The standard InChI is InChI=1S/C70H122O6/c1-4-7-10-13-16-19-22-25-28-30-32-33-34-35-36-37-39-40-42-45-48-51-54-57-60-63-69(72)75-66-67(65-74-68(71)62-59-56-53-50-47-44-27-24-21-18-15-12-9-6-3)76-70(73)64-61-58-55-52-49-46-43-41-38-31-29-26-23-20-17-14-11-8-5-2/h7,10,16,19,25,28,32-33,35-36,39-40,45,48,67H,4-6,8-9,11-15,17-18,20-24,26-27,29-31,34,37-38,41-44,46-47,49-66H2,1-3H3/b10-7-,19-16-,28-25-,33-32-,36-35-,40-39-,48-45-. The Hall–Kier alpha value is -3.41. The van der Waals surface area contributed by atoms with E-state index in [0.29, 0.717) is 19.3 Å². The zero-order valence-electron chi connectivity index (χ0n) is 50.3. The summed E-state index contributed by atoms with van der Waals surface area (Å²) in [7, 11) is 0. The Morgan fingerprint density at radius 3 is 0.803 bits per heavy atom. The van der Waals surface area contributed by atoms with Crippen LogP contribution < -0.4 is 0 Å². The van der Waals surface area contributed by atoms with Crippen LogP contribution in [0.4, 0.5) is 0 Å². The molecule has 438 valence electrons. The molecular weight excluding hydrogens is 937 g/mol. The fourth-order valence-corrected chi connectivity index (χ4v) is 9.31. The fraction of sp³-hybridized carbons (Fsp3) is 0.757. The van der Waals surface area contributed by atoms with Crippen LogP contribution in [0.25, 0.3) is 0 Å². The molecule has 0 bridgehead atoms. The van der Waals surface area contributed by atoms with E-state index >= 15 is 0 Å². The summed E-state index contributed by atoms with van der Waals surface area (Å²) in [4.78, 5) is 38.3. The second-order valence-corrected chi connectivity index (χ2v) is 21.7. The van der Waals surface area contributed by atoms with E-state index in [4.69, 9.17) is 14.2 Å². The second kappa shape index (κ2) is 64.1. The summed E-state index contributed by atoms with van der Waals surface area (Å²) in [6.45, 7) is 6.54. The van der Waals surface area contributed by atoms with Crippen molar-refractivity contribution in [3.8, 4) is 0 Å². The van der Waals surface area contributed by atoms with Gasteiger partial charge in [-0.05, 0) is 77.0 Å². The van der Waals surface area contributed by atoms with Gasteiger partial charge in [0.15, 0.2) is 6.10 Å². The Bertz CT molecular complexity index is 1450. The Kier molecular flexibility index (Phi) is 61.2. The van der Waals surface area contributed by atoms with E-state index in [1.165, 1.54) is 173 Å². The molecule has 0 aromatic carbocycles. The SMILES string of the molecule is CC/C=C\C/C=C\C/C=C\C/C=C\C/C=C\C/C=C\C/C=C\CCCCCC(=O)OCC(COC(=O)CCCCCCCCCCCCCCCC)OC(=O)CCCCCCCCCCCCCCCCCCCCC. The molecule has 1 unspecified atom stereocenters. The van der Waals surface area contributed by atoms with Gasteiger partial charge in [-0.25, -0.2) is 0 Å². The van der Waals surface area contributed by atoms with Crippen molar-refractivity contribution in [1.29, 1.82) is 0 Å². The molecule has 6 heteroatoms. The highest BCUT2D eigenvalue weighted by atomic mass is 16.6. The minimum Gasteiger partial charge on any atom is -0.462 e. The van der Waals surface area contributed by atoms with Crippen molar-refractivity contribution in [3.05, 3.63) is 85.1 Å². The van der Waals surface area contributed by atoms with Crippen LogP contribution in [0.2, 0.25) is 0 Å². The largest absolute Gasteiger partial charge is 0.462 e. The molecule has 76 heavy (non-hydrogen) atoms. The zero-order valence-corrected chi connectivity index (χ0v) is 50.3. The molecule has 0 saturated carbocycles. The van der Waals surface area contributed by atoms with Crippen LogP contribution in [-0.4, -0.2) is 37.2 Å². The van der Waals surface area contributed by atoms with E-state index in [0.717, 1.165) is 109 Å². The first kappa shape index (κ1) is 72.6. The van der Waals surface area contributed by atoms with Crippen LogP contribution >= 0.6 is 0 Å². The van der Waals surface area contributed by atoms with Crippen molar-refractivity contribution in [2.45, 2.75) is 329 Å². The lowest BCUT2D eigenvalue weighted by Gasteiger charge is -2.18. The van der Waals surface area contributed by atoms with E-state index in [2.05, 4.69) is 106 Å². The lowest BCUT2D eigenvalue weighted by atomic mass is 10.0. The third kappa shape index (κ3) is 61.4. The van der Waals surface area contributed by atoms with Gasteiger partial charge in [-0.2, -0.15) is 0 Å². The number of allylic oxidation sites excluding steroid dienone is 14. The number of carbonyl (C=O) groups excluding carboxylic acids is 3. The molecule has 0 spiro atoms. The fourth-order valence-electron chi connectivity index (χ4n) is 9.31. The third-order valence-corrected chi connectivity index (χ3v) is 14.2. The van der Waals surface area contributed by atoms with Gasteiger partial charge in [0.05, 0.1) is 0 Å². The van der Waals surface area contributed by atoms with Gasteiger partial charge >= 0.3 is 17.9 Å². The Labute approximate surface area is 471 Å². The summed E-state index contributed by atoms with van der Waals surface area (Å²) in [6, 6.07) is 0. The number of unbranched alkanes of at least 4 members (excludes halogenated alkanes) is 34. The number of hydrogen-bond acceptors (Lipinski definition) is 6. The topological polar surface area (TPSA) is 78.9 Å². The van der Waals surface area contributed by atoms with Gasteiger partial charge in [-0.15, -0.1) is 0 Å². The van der Waals surface area contributed by atoms with Crippen LogP contribution in [0.15, 0.2) is 85.1 Å². The van der Waals surface area contributed by atoms with Crippen molar-refractivity contribution in [3.63, 3.8) is 0 Å². The number of esters is 3. The highest BCUT2D eigenvalue weighted by Crippen LogP contribution is 2.17. The molecule has 0 aliphatic rings. The molecule has 6 nitrogen and oxygen atoms in total. The predicted octanol–water partition coefficient (Wildman–Crippen LogP) is 22.3. The van der Waals surface area contributed by atoms with Gasteiger partial charge in [-0.1, -0.05) is 311 Å². The van der Waals surface area contributed by atoms with Gasteiger partial charge in [0, 0.05) is 19.3 Å². The van der Waals surface area contributed by atoms with E-state index in [9.17, 15) is 14.4 Å². The molecule has 0 radical (unpaired) electrons. The smallest absolute Gasteiger partial charge is 0.306 e. The number of carbonyl (C=O) groups is 3. The van der Waals surface area contributed by atoms with Crippen LogP contribution in [0.5, 0.6) is 0 Å². The molecule has 0 aromatic heterocycles. The van der Waals surface area contributed by atoms with Crippen molar-refractivity contribution in [2.24, 2.45) is 0 Å². The van der Waals surface area contributed by atoms with Gasteiger partial charge in [0.1, 0.15) is 13.2 Å². The first-order chi connectivity index (χ1) is 37.5. The molecule has 0 fully saturated rings. The summed E-state index contributed by atoms with van der Waals surface area (Å²) in [5.41, 5.74) is 0. The minimum absolute atomic E-state index is 0.0828. The molecule has 0 heterocycles. The van der Waals surface area contributed by atoms with Gasteiger partial charge in [0.2, 0.25) is 0 Å². The maximum Gasteiger partial charge on any atom is 0.306 e. The average Bonchev–Trinajstić information content (AvgIpc) is 3.42. The van der Waals surface area contributed by atoms with Crippen molar-refractivity contribution >= 4 is 17.9 Å². The predicted molar refractivity (Wildman–Crippen MR) is 330 cm³/mol. The molecule has 0 amide bonds. The Balaban J connectivity index is 4.39. The molecule has 0 aliphatic carbocycles. The number of ether oxygens (including phenoxy) is 3. The normalized spacial score (nSPS) is 12.6. The quantitative estimate of drug-likeness (QED) is 0.0261. The molecule has 0 N–H and O–H groups in total. The van der Waals surface area contributed by atoms with Crippen LogP contribution in [0, 0.1) is 0 Å². The summed E-state index contributed by atoms with van der Waals surface area (Å²) >= 11 is 0. The lowest BCUT2D eigenvalue weighted by molar-refractivity contribution is -0.167. The Morgan fingerprint density at radius 2 is 0.513 bits per heavy atom. The van der Waals surface area contributed by atoms with Crippen LogP contribution in [-0.2, 0) is 28.6 Å².